The molecule has 0 amide bonds. The van der Waals surface area contributed by atoms with E-state index in [1.54, 1.807) is 6.07 Å². The highest BCUT2D eigenvalue weighted by molar-refractivity contribution is 6.35. The minimum absolute atomic E-state index is 0.542. The Morgan fingerprint density at radius 3 is 2.29 bits per heavy atom. The lowest BCUT2D eigenvalue weighted by molar-refractivity contribution is 0.276. The zero-order valence-electron chi connectivity index (χ0n) is 10.3. The number of benzene rings is 1. The summed E-state index contributed by atoms with van der Waals surface area (Å²) in [5.74, 6) is 1.56. The highest BCUT2D eigenvalue weighted by Gasteiger charge is 2.25. The van der Waals surface area contributed by atoms with Crippen LogP contribution in [0.15, 0.2) is 18.2 Å². The van der Waals surface area contributed by atoms with Crippen molar-refractivity contribution in [1.82, 2.24) is 0 Å². The zero-order valence-corrected chi connectivity index (χ0v) is 11.9. The fourth-order valence-corrected chi connectivity index (χ4v) is 3.26. The largest absolute Gasteiger partial charge is 0.382 e. The molecule has 0 saturated heterocycles. The number of anilines is 1. The molecular formula is C14H19Cl2N. The van der Waals surface area contributed by atoms with E-state index >= 15 is 0 Å². The Morgan fingerprint density at radius 1 is 1.06 bits per heavy atom. The summed E-state index contributed by atoms with van der Waals surface area (Å²) in [4.78, 5) is 0. The van der Waals surface area contributed by atoms with Crippen LogP contribution in [0.2, 0.25) is 10.0 Å². The van der Waals surface area contributed by atoms with Gasteiger partial charge in [-0.1, -0.05) is 37.0 Å². The third-order valence-corrected chi connectivity index (χ3v) is 4.08. The molecule has 1 aromatic carbocycles. The molecule has 3 heteroatoms. The number of nitrogens with one attached hydrogen (secondary N) is 1. The highest BCUT2D eigenvalue weighted by Crippen LogP contribution is 2.32. The van der Waals surface area contributed by atoms with Crippen molar-refractivity contribution < 1.29 is 0 Å². The summed E-state index contributed by atoms with van der Waals surface area (Å²) in [6.45, 7) is 4.66. The van der Waals surface area contributed by atoms with Crippen LogP contribution in [0, 0.1) is 11.8 Å². The van der Waals surface area contributed by atoms with Crippen molar-refractivity contribution in [1.29, 1.82) is 0 Å². The lowest BCUT2D eigenvalue weighted by Crippen LogP contribution is -2.32. The Kier molecular flexibility index (Phi) is 4.22. The van der Waals surface area contributed by atoms with Gasteiger partial charge in [-0.2, -0.15) is 0 Å². The van der Waals surface area contributed by atoms with Crippen LogP contribution in [-0.2, 0) is 0 Å². The summed E-state index contributed by atoms with van der Waals surface area (Å²) in [7, 11) is 0. The number of hydrogen-bond donors (Lipinski definition) is 1. The fraction of sp³-hybridized carbons (Fsp3) is 0.571. The van der Waals surface area contributed by atoms with Gasteiger partial charge in [0, 0.05) is 21.8 Å². The Balaban J connectivity index is 2.05. The van der Waals surface area contributed by atoms with E-state index in [0.717, 1.165) is 11.6 Å². The van der Waals surface area contributed by atoms with Crippen LogP contribution in [0.3, 0.4) is 0 Å². The van der Waals surface area contributed by atoms with Crippen LogP contribution in [-0.4, -0.2) is 6.04 Å². The smallest absolute Gasteiger partial charge is 0.0441 e. The van der Waals surface area contributed by atoms with Gasteiger partial charge in [-0.05, 0) is 49.3 Å². The second-order valence-electron chi connectivity index (χ2n) is 5.30. The molecule has 1 saturated carbocycles. The first kappa shape index (κ1) is 13.0. The molecule has 1 N–H and O–H groups in total. The lowest BCUT2D eigenvalue weighted by atomic mass is 9.80. The number of rotatable bonds is 2. The molecule has 0 aromatic heterocycles. The van der Waals surface area contributed by atoms with E-state index in [4.69, 9.17) is 23.2 Å². The molecule has 0 spiro atoms. The third-order valence-electron chi connectivity index (χ3n) is 3.65. The first-order valence-electron chi connectivity index (χ1n) is 6.27. The van der Waals surface area contributed by atoms with E-state index in [2.05, 4.69) is 19.2 Å². The molecule has 2 rings (SSSR count). The Labute approximate surface area is 114 Å². The Hall–Kier alpha value is -0.400. The molecule has 1 nitrogen and oxygen atoms in total. The van der Waals surface area contributed by atoms with Crippen molar-refractivity contribution in [2.75, 3.05) is 5.32 Å². The molecule has 17 heavy (non-hydrogen) atoms. The standard InChI is InChI=1S/C14H19Cl2N/c1-9-3-4-14(10(2)5-9)17-13-7-11(15)6-12(16)8-13/h6-10,14,17H,3-5H2,1-2H3. The van der Waals surface area contributed by atoms with Gasteiger partial charge < -0.3 is 5.32 Å². The van der Waals surface area contributed by atoms with Crippen molar-refractivity contribution in [3.05, 3.63) is 28.2 Å². The van der Waals surface area contributed by atoms with Gasteiger partial charge in [-0.25, -0.2) is 0 Å². The van der Waals surface area contributed by atoms with Gasteiger partial charge in [0.15, 0.2) is 0 Å². The molecule has 0 aliphatic heterocycles. The van der Waals surface area contributed by atoms with Gasteiger partial charge in [0.05, 0.1) is 0 Å². The summed E-state index contributed by atoms with van der Waals surface area (Å²) in [6.07, 6.45) is 3.83. The van der Waals surface area contributed by atoms with E-state index < -0.39 is 0 Å². The quantitative estimate of drug-likeness (QED) is 0.777. The summed E-state index contributed by atoms with van der Waals surface area (Å²) in [5, 5.41) is 4.95. The second-order valence-corrected chi connectivity index (χ2v) is 6.18. The molecule has 0 bridgehead atoms. The highest BCUT2D eigenvalue weighted by atomic mass is 35.5. The van der Waals surface area contributed by atoms with Crippen LogP contribution in [0.1, 0.15) is 33.1 Å². The molecular weight excluding hydrogens is 253 g/mol. The van der Waals surface area contributed by atoms with Crippen LogP contribution in [0.5, 0.6) is 0 Å². The first-order valence-corrected chi connectivity index (χ1v) is 7.03. The number of hydrogen-bond acceptors (Lipinski definition) is 1. The Morgan fingerprint density at radius 2 is 1.71 bits per heavy atom. The molecule has 1 fully saturated rings. The predicted octanol–water partition coefficient (Wildman–Crippen LogP) is 5.23. The molecule has 0 radical (unpaired) electrons. The van der Waals surface area contributed by atoms with Crippen molar-refractivity contribution in [2.24, 2.45) is 11.8 Å². The topological polar surface area (TPSA) is 12.0 Å². The van der Waals surface area contributed by atoms with Gasteiger partial charge in [-0.3, -0.25) is 0 Å². The van der Waals surface area contributed by atoms with Crippen molar-refractivity contribution in [3.63, 3.8) is 0 Å². The van der Waals surface area contributed by atoms with Gasteiger partial charge in [-0.15, -0.1) is 0 Å². The predicted molar refractivity (Wildman–Crippen MR) is 76.1 cm³/mol. The van der Waals surface area contributed by atoms with Gasteiger partial charge >= 0.3 is 0 Å². The summed E-state index contributed by atoms with van der Waals surface area (Å²) in [6, 6.07) is 6.19. The summed E-state index contributed by atoms with van der Waals surface area (Å²) < 4.78 is 0. The molecule has 1 aliphatic rings. The maximum atomic E-state index is 6.00. The fourth-order valence-electron chi connectivity index (χ4n) is 2.73. The van der Waals surface area contributed by atoms with E-state index in [-0.39, 0.29) is 0 Å². The van der Waals surface area contributed by atoms with Crippen molar-refractivity contribution >= 4 is 28.9 Å². The molecule has 1 aliphatic carbocycles. The van der Waals surface area contributed by atoms with E-state index in [1.807, 2.05) is 12.1 Å². The number of halogens is 2. The van der Waals surface area contributed by atoms with Crippen LogP contribution in [0.4, 0.5) is 5.69 Å². The van der Waals surface area contributed by atoms with Gasteiger partial charge in [0.1, 0.15) is 0 Å². The maximum Gasteiger partial charge on any atom is 0.0441 e. The van der Waals surface area contributed by atoms with Crippen LogP contribution in [0.25, 0.3) is 0 Å². The second kappa shape index (κ2) is 5.49. The van der Waals surface area contributed by atoms with Crippen molar-refractivity contribution in [3.8, 4) is 0 Å². The Bertz CT molecular complexity index is 372. The van der Waals surface area contributed by atoms with E-state index in [9.17, 15) is 0 Å². The molecule has 1 aromatic rings. The minimum Gasteiger partial charge on any atom is -0.382 e. The normalized spacial score (nSPS) is 29.1. The summed E-state index contributed by atoms with van der Waals surface area (Å²) >= 11 is 12.0. The first-order chi connectivity index (χ1) is 8.04. The van der Waals surface area contributed by atoms with E-state index in [0.29, 0.717) is 22.0 Å². The minimum atomic E-state index is 0.542. The molecule has 3 atom stereocenters. The molecule has 94 valence electrons. The lowest BCUT2D eigenvalue weighted by Gasteiger charge is -2.33. The van der Waals surface area contributed by atoms with Gasteiger partial charge in [0.2, 0.25) is 0 Å². The third kappa shape index (κ3) is 3.53. The average Bonchev–Trinajstić information content (AvgIpc) is 2.21. The average molecular weight is 272 g/mol. The monoisotopic (exact) mass is 271 g/mol. The van der Waals surface area contributed by atoms with Gasteiger partial charge in [0.25, 0.3) is 0 Å². The van der Waals surface area contributed by atoms with Crippen LogP contribution < -0.4 is 5.32 Å². The maximum absolute atomic E-state index is 6.00. The van der Waals surface area contributed by atoms with Crippen LogP contribution >= 0.6 is 23.2 Å². The molecule has 0 heterocycles. The SMILES string of the molecule is CC1CCC(Nc2cc(Cl)cc(Cl)c2)C(C)C1. The van der Waals surface area contributed by atoms with E-state index in [1.165, 1.54) is 19.3 Å². The van der Waals surface area contributed by atoms with Crippen molar-refractivity contribution in [2.45, 2.75) is 39.2 Å². The zero-order chi connectivity index (χ0) is 12.4. The summed E-state index contributed by atoms with van der Waals surface area (Å²) in [5.41, 5.74) is 1.04. The molecule has 3 unspecified atom stereocenters.